The second-order valence-corrected chi connectivity index (χ2v) is 7.73. The summed E-state index contributed by atoms with van der Waals surface area (Å²) in [4.78, 5) is 67.8. The highest BCUT2D eigenvalue weighted by Gasteiger charge is 2.44. The van der Waals surface area contributed by atoms with Crippen molar-refractivity contribution in [3.63, 3.8) is 0 Å². The predicted molar refractivity (Wildman–Crippen MR) is 105 cm³/mol. The van der Waals surface area contributed by atoms with Crippen molar-refractivity contribution in [3.05, 3.63) is 0 Å². The molecular formula is C18H29N5O9. The standard InChI is InChI=1S/C18H29N5O9/c1-9(25)13(21-18(30)31)16(28)23-7-3-5-12(23)15(27)22-6-2-4-11(22)14(26)20-10(8-24)17(29)32-19/h9-13,21,24-25H,2-8,19H2,1H3,(H,20,26)(H,30,31)/t9?,10-,11-,12-,13?/m0/s1. The summed E-state index contributed by atoms with van der Waals surface area (Å²) < 4.78 is 0. The van der Waals surface area contributed by atoms with E-state index in [0.717, 1.165) is 0 Å². The molecule has 0 spiro atoms. The Balaban J connectivity index is 2.14. The van der Waals surface area contributed by atoms with Crippen LogP contribution in [0.4, 0.5) is 4.79 Å². The van der Waals surface area contributed by atoms with Crippen LogP contribution in [0.25, 0.3) is 0 Å². The first-order chi connectivity index (χ1) is 15.1. The van der Waals surface area contributed by atoms with E-state index in [2.05, 4.69) is 10.2 Å². The smallest absolute Gasteiger partial charge is 0.405 e. The molecule has 0 aromatic heterocycles. The summed E-state index contributed by atoms with van der Waals surface area (Å²) in [6, 6.07) is -4.67. The molecule has 7 N–H and O–H groups in total. The quantitative estimate of drug-likeness (QED) is 0.201. The van der Waals surface area contributed by atoms with E-state index >= 15 is 0 Å². The molecule has 180 valence electrons. The number of carbonyl (C=O) groups excluding carboxylic acids is 4. The van der Waals surface area contributed by atoms with Crippen LogP contribution in [0, 0.1) is 0 Å². The lowest BCUT2D eigenvalue weighted by atomic mass is 10.1. The minimum absolute atomic E-state index is 0.194. The average molecular weight is 459 g/mol. The molecule has 32 heavy (non-hydrogen) atoms. The fraction of sp³-hybridized carbons (Fsp3) is 0.722. The van der Waals surface area contributed by atoms with Crippen LogP contribution in [0.2, 0.25) is 0 Å². The fourth-order valence-corrected chi connectivity index (χ4v) is 4.01. The Morgan fingerprint density at radius 3 is 2.19 bits per heavy atom. The van der Waals surface area contributed by atoms with Gasteiger partial charge < -0.3 is 40.6 Å². The van der Waals surface area contributed by atoms with E-state index in [-0.39, 0.29) is 13.1 Å². The molecular weight excluding hydrogens is 430 g/mol. The van der Waals surface area contributed by atoms with Gasteiger partial charge in [-0.25, -0.2) is 9.59 Å². The van der Waals surface area contributed by atoms with E-state index in [1.54, 1.807) is 0 Å². The van der Waals surface area contributed by atoms with Crippen LogP contribution in [-0.4, -0.2) is 105 Å². The molecule has 0 bridgehead atoms. The van der Waals surface area contributed by atoms with Crippen LogP contribution in [0.15, 0.2) is 0 Å². The second kappa shape index (κ2) is 11.1. The third-order valence-corrected chi connectivity index (χ3v) is 5.59. The maximum atomic E-state index is 13.2. The summed E-state index contributed by atoms with van der Waals surface area (Å²) in [5.74, 6) is 1.84. The van der Waals surface area contributed by atoms with Gasteiger partial charge >= 0.3 is 12.1 Å². The van der Waals surface area contributed by atoms with Crippen LogP contribution < -0.4 is 16.5 Å². The molecule has 0 radical (unpaired) electrons. The lowest BCUT2D eigenvalue weighted by molar-refractivity contribution is -0.151. The van der Waals surface area contributed by atoms with Gasteiger partial charge in [0.05, 0.1) is 12.7 Å². The molecule has 2 aliphatic rings. The number of hydrogen-bond donors (Lipinski definition) is 6. The van der Waals surface area contributed by atoms with Crippen molar-refractivity contribution < 1.29 is 44.1 Å². The summed E-state index contributed by atoms with van der Waals surface area (Å²) in [5, 5.41) is 32.3. The zero-order valence-corrected chi connectivity index (χ0v) is 17.6. The summed E-state index contributed by atoms with van der Waals surface area (Å²) in [7, 11) is 0. The maximum Gasteiger partial charge on any atom is 0.405 e. The molecule has 14 heteroatoms. The van der Waals surface area contributed by atoms with Gasteiger partial charge in [-0.3, -0.25) is 14.4 Å². The van der Waals surface area contributed by atoms with Crippen molar-refractivity contribution in [2.24, 2.45) is 5.90 Å². The Hall–Kier alpha value is -2.97. The molecule has 2 aliphatic heterocycles. The molecule has 14 nitrogen and oxygen atoms in total. The Labute approximate surface area is 183 Å². The summed E-state index contributed by atoms with van der Waals surface area (Å²) in [6.45, 7) is 0.952. The third-order valence-electron chi connectivity index (χ3n) is 5.59. The van der Waals surface area contributed by atoms with Gasteiger partial charge in [0.1, 0.15) is 18.1 Å². The molecule has 4 amide bonds. The molecule has 0 aromatic carbocycles. The molecule has 0 aromatic rings. The van der Waals surface area contributed by atoms with Crippen molar-refractivity contribution >= 4 is 29.8 Å². The van der Waals surface area contributed by atoms with E-state index < -0.39 is 66.7 Å². The minimum Gasteiger partial charge on any atom is -0.465 e. The second-order valence-electron chi connectivity index (χ2n) is 7.73. The zero-order valence-electron chi connectivity index (χ0n) is 17.6. The molecule has 0 saturated carbocycles. The Bertz CT molecular complexity index is 746. The summed E-state index contributed by atoms with van der Waals surface area (Å²) in [5.41, 5.74) is 0. The highest BCUT2D eigenvalue weighted by Crippen LogP contribution is 2.26. The number of nitrogens with zero attached hydrogens (tertiary/aromatic N) is 2. The largest absolute Gasteiger partial charge is 0.465 e. The topological polar surface area (TPSA) is 212 Å². The number of aliphatic hydroxyl groups is 2. The molecule has 2 rings (SSSR count). The van der Waals surface area contributed by atoms with E-state index in [9.17, 15) is 34.2 Å². The van der Waals surface area contributed by atoms with Crippen molar-refractivity contribution in [2.45, 2.75) is 62.9 Å². The number of nitrogens with one attached hydrogen (secondary N) is 2. The maximum absolute atomic E-state index is 13.2. The van der Waals surface area contributed by atoms with Crippen LogP contribution >= 0.6 is 0 Å². The van der Waals surface area contributed by atoms with Gasteiger partial charge in [0.15, 0.2) is 6.04 Å². The third kappa shape index (κ3) is 5.63. The molecule has 2 saturated heterocycles. The van der Waals surface area contributed by atoms with Crippen LogP contribution in [0.5, 0.6) is 0 Å². The molecule has 5 atom stereocenters. The van der Waals surface area contributed by atoms with Gasteiger partial charge in [-0.05, 0) is 32.6 Å². The van der Waals surface area contributed by atoms with Crippen LogP contribution in [0.3, 0.4) is 0 Å². The van der Waals surface area contributed by atoms with Gasteiger partial charge in [0.25, 0.3) is 0 Å². The first-order valence-electron chi connectivity index (χ1n) is 10.2. The number of nitrogens with two attached hydrogens (primary N) is 1. The minimum atomic E-state index is -1.49. The highest BCUT2D eigenvalue weighted by atomic mass is 16.7. The first kappa shape index (κ1) is 25.3. The van der Waals surface area contributed by atoms with Crippen molar-refractivity contribution in [1.82, 2.24) is 20.4 Å². The van der Waals surface area contributed by atoms with Crippen molar-refractivity contribution in [3.8, 4) is 0 Å². The summed E-state index contributed by atoms with van der Waals surface area (Å²) >= 11 is 0. The van der Waals surface area contributed by atoms with Gasteiger partial charge in [-0.1, -0.05) is 0 Å². The zero-order chi connectivity index (χ0) is 24.0. The van der Waals surface area contributed by atoms with Gasteiger partial charge in [-0.2, -0.15) is 5.90 Å². The normalized spacial score (nSPS) is 23.2. The number of carboxylic acid groups (broad SMARTS) is 1. The van der Waals surface area contributed by atoms with Gasteiger partial charge in [0.2, 0.25) is 17.7 Å². The van der Waals surface area contributed by atoms with E-state index in [0.29, 0.717) is 25.7 Å². The molecule has 0 aliphatic carbocycles. The van der Waals surface area contributed by atoms with Gasteiger partial charge in [0, 0.05) is 13.1 Å². The number of aliphatic hydroxyl groups excluding tert-OH is 2. The molecule has 2 heterocycles. The average Bonchev–Trinajstić information content (AvgIpc) is 3.43. The Morgan fingerprint density at radius 1 is 1.06 bits per heavy atom. The van der Waals surface area contributed by atoms with Crippen molar-refractivity contribution in [1.29, 1.82) is 0 Å². The summed E-state index contributed by atoms with van der Waals surface area (Å²) in [6.07, 6.45) is -1.19. The number of carbonyl (C=O) groups is 5. The number of amides is 4. The lowest BCUT2D eigenvalue weighted by Gasteiger charge is -2.33. The fourth-order valence-electron chi connectivity index (χ4n) is 4.01. The van der Waals surface area contributed by atoms with E-state index in [1.807, 2.05) is 5.32 Å². The SMILES string of the molecule is CC(O)C(NC(=O)O)C(=O)N1CCC[C@H]1C(=O)N1CCC[C@H]1C(=O)N[C@@H](CO)C(=O)ON. The number of rotatable bonds is 8. The number of hydrogen-bond acceptors (Lipinski definition) is 9. The first-order valence-corrected chi connectivity index (χ1v) is 10.2. The Kier molecular flexibility index (Phi) is 8.74. The predicted octanol–water partition coefficient (Wildman–Crippen LogP) is -3.12. The molecule has 2 unspecified atom stereocenters. The Morgan fingerprint density at radius 2 is 1.66 bits per heavy atom. The monoisotopic (exact) mass is 459 g/mol. The molecule has 2 fully saturated rings. The van der Waals surface area contributed by atoms with Gasteiger partial charge in [-0.15, -0.1) is 0 Å². The van der Waals surface area contributed by atoms with Crippen LogP contribution in [0.1, 0.15) is 32.6 Å². The lowest BCUT2D eigenvalue weighted by Crippen LogP contribution is -2.59. The van der Waals surface area contributed by atoms with Crippen molar-refractivity contribution in [2.75, 3.05) is 19.7 Å². The number of likely N-dealkylation sites (tertiary alicyclic amines) is 2. The van der Waals surface area contributed by atoms with E-state index in [4.69, 9.17) is 11.0 Å². The van der Waals surface area contributed by atoms with Crippen LogP contribution in [-0.2, 0) is 24.0 Å². The van der Waals surface area contributed by atoms with E-state index in [1.165, 1.54) is 16.7 Å². The highest BCUT2D eigenvalue weighted by molar-refractivity contribution is 5.95.